The Labute approximate surface area is 87.5 Å². The minimum atomic E-state index is -0.0994. The number of benzene rings is 1. The smallest absolute Gasteiger partial charge is 0.180 e. The van der Waals surface area contributed by atoms with E-state index in [9.17, 15) is 9.90 Å². The SMILES string of the molecule is CNCC(=O)c1ccc(SC)cc1O. The van der Waals surface area contributed by atoms with Crippen molar-refractivity contribution in [3.8, 4) is 5.75 Å². The van der Waals surface area contributed by atoms with E-state index >= 15 is 0 Å². The Morgan fingerprint density at radius 2 is 2.29 bits per heavy atom. The number of nitrogens with one attached hydrogen (secondary N) is 1. The highest BCUT2D eigenvalue weighted by atomic mass is 32.2. The standard InChI is InChI=1S/C10H13NO2S/c1-11-6-10(13)8-4-3-7(14-2)5-9(8)12/h3-5,11-12H,6H2,1-2H3. The number of carbonyl (C=O) groups excluding carboxylic acids is 1. The van der Waals surface area contributed by atoms with Gasteiger partial charge in [-0.25, -0.2) is 0 Å². The Bertz CT molecular complexity index is 339. The molecule has 0 unspecified atom stereocenters. The molecule has 76 valence electrons. The van der Waals surface area contributed by atoms with Crippen LogP contribution < -0.4 is 5.32 Å². The van der Waals surface area contributed by atoms with Crippen LogP contribution in [0.25, 0.3) is 0 Å². The first kappa shape index (κ1) is 11.1. The molecule has 2 N–H and O–H groups in total. The van der Waals surface area contributed by atoms with Crippen molar-refractivity contribution in [2.75, 3.05) is 19.8 Å². The van der Waals surface area contributed by atoms with Gasteiger partial charge < -0.3 is 10.4 Å². The third-order valence-corrected chi connectivity index (χ3v) is 2.57. The van der Waals surface area contributed by atoms with Gasteiger partial charge in [0.1, 0.15) is 5.75 Å². The highest BCUT2D eigenvalue weighted by molar-refractivity contribution is 7.98. The van der Waals surface area contributed by atoms with Gasteiger partial charge in [-0.05, 0) is 31.5 Å². The number of phenolic OH excluding ortho intramolecular Hbond substituents is 1. The number of rotatable bonds is 4. The van der Waals surface area contributed by atoms with Crippen LogP contribution in [-0.2, 0) is 0 Å². The Balaban J connectivity index is 2.94. The van der Waals surface area contributed by atoms with E-state index in [1.54, 1.807) is 19.2 Å². The summed E-state index contributed by atoms with van der Waals surface area (Å²) < 4.78 is 0. The summed E-state index contributed by atoms with van der Waals surface area (Å²) in [6, 6.07) is 5.08. The molecule has 3 nitrogen and oxygen atoms in total. The van der Waals surface area contributed by atoms with Crippen molar-refractivity contribution in [3.63, 3.8) is 0 Å². The molecule has 0 atom stereocenters. The Hall–Kier alpha value is -1.00. The van der Waals surface area contributed by atoms with Crippen LogP contribution in [0.1, 0.15) is 10.4 Å². The van der Waals surface area contributed by atoms with Gasteiger partial charge in [0.15, 0.2) is 5.78 Å². The summed E-state index contributed by atoms with van der Waals surface area (Å²) in [5.41, 5.74) is 0.372. The van der Waals surface area contributed by atoms with Crippen LogP contribution in [0.5, 0.6) is 5.75 Å². The molecule has 14 heavy (non-hydrogen) atoms. The van der Waals surface area contributed by atoms with Crippen molar-refractivity contribution in [2.24, 2.45) is 0 Å². The van der Waals surface area contributed by atoms with Gasteiger partial charge in [0.05, 0.1) is 12.1 Å². The van der Waals surface area contributed by atoms with Crippen molar-refractivity contribution in [1.82, 2.24) is 5.32 Å². The summed E-state index contributed by atoms with van der Waals surface area (Å²) in [6.45, 7) is 0.242. The molecule has 1 rings (SSSR count). The molecule has 1 aromatic rings. The molecule has 0 aliphatic carbocycles. The second-order valence-corrected chi connectivity index (χ2v) is 3.72. The first-order valence-corrected chi connectivity index (χ1v) is 5.46. The average molecular weight is 211 g/mol. The van der Waals surface area contributed by atoms with Crippen molar-refractivity contribution in [2.45, 2.75) is 4.90 Å². The first-order valence-electron chi connectivity index (χ1n) is 4.24. The molecule has 1 aromatic carbocycles. The third-order valence-electron chi connectivity index (χ3n) is 1.84. The lowest BCUT2D eigenvalue weighted by molar-refractivity contribution is 0.0991. The van der Waals surface area contributed by atoms with E-state index in [-0.39, 0.29) is 18.1 Å². The van der Waals surface area contributed by atoms with Crippen LogP contribution in [0, 0.1) is 0 Å². The predicted molar refractivity (Wildman–Crippen MR) is 58.1 cm³/mol. The van der Waals surface area contributed by atoms with Gasteiger partial charge in [-0.3, -0.25) is 4.79 Å². The van der Waals surface area contributed by atoms with E-state index in [1.165, 1.54) is 11.8 Å². The molecule has 0 aromatic heterocycles. The number of thioether (sulfide) groups is 1. The fraction of sp³-hybridized carbons (Fsp3) is 0.300. The van der Waals surface area contributed by atoms with Gasteiger partial charge in [0.25, 0.3) is 0 Å². The van der Waals surface area contributed by atoms with Crippen molar-refractivity contribution >= 4 is 17.5 Å². The molecule has 0 radical (unpaired) electrons. The number of hydrogen-bond acceptors (Lipinski definition) is 4. The number of Topliss-reactive ketones (excluding diaryl/α,β-unsaturated/α-hetero) is 1. The van der Waals surface area contributed by atoms with Crippen molar-refractivity contribution in [3.05, 3.63) is 23.8 Å². The Morgan fingerprint density at radius 3 is 2.79 bits per heavy atom. The van der Waals surface area contributed by atoms with Crippen LogP contribution in [0.15, 0.2) is 23.1 Å². The third kappa shape index (κ3) is 2.49. The summed E-state index contributed by atoms with van der Waals surface area (Å²) in [5.74, 6) is -0.0465. The quantitative estimate of drug-likeness (QED) is 0.585. The number of hydrogen-bond donors (Lipinski definition) is 2. The zero-order chi connectivity index (χ0) is 10.6. The fourth-order valence-corrected chi connectivity index (χ4v) is 1.56. The summed E-state index contributed by atoms with van der Waals surface area (Å²) in [4.78, 5) is 12.4. The lowest BCUT2D eigenvalue weighted by atomic mass is 10.1. The molecule has 0 bridgehead atoms. The second-order valence-electron chi connectivity index (χ2n) is 2.84. The number of aromatic hydroxyl groups is 1. The lowest BCUT2D eigenvalue weighted by Crippen LogP contribution is -2.18. The molecular formula is C10H13NO2S. The summed E-state index contributed by atoms with van der Waals surface area (Å²) in [7, 11) is 1.70. The Kier molecular flexibility index (Phi) is 3.98. The van der Waals surface area contributed by atoms with Gasteiger partial charge in [-0.15, -0.1) is 11.8 Å². The van der Waals surface area contributed by atoms with Crippen LogP contribution in [0.2, 0.25) is 0 Å². The minimum Gasteiger partial charge on any atom is -0.507 e. The molecule has 0 saturated heterocycles. The van der Waals surface area contributed by atoms with Gasteiger partial charge in [0.2, 0.25) is 0 Å². The summed E-state index contributed by atoms with van der Waals surface area (Å²) in [5, 5.41) is 12.3. The van der Waals surface area contributed by atoms with E-state index in [0.29, 0.717) is 5.56 Å². The zero-order valence-corrected chi connectivity index (χ0v) is 9.02. The maximum atomic E-state index is 11.4. The highest BCUT2D eigenvalue weighted by Crippen LogP contribution is 2.24. The van der Waals surface area contributed by atoms with Crippen LogP contribution >= 0.6 is 11.8 Å². The van der Waals surface area contributed by atoms with Crippen LogP contribution in [-0.4, -0.2) is 30.7 Å². The Morgan fingerprint density at radius 1 is 1.57 bits per heavy atom. The molecule has 0 fully saturated rings. The molecule has 4 heteroatoms. The molecule has 0 amide bonds. The van der Waals surface area contributed by atoms with Gasteiger partial charge in [-0.1, -0.05) is 0 Å². The zero-order valence-electron chi connectivity index (χ0n) is 8.20. The highest BCUT2D eigenvalue weighted by Gasteiger charge is 2.09. The molecule has 0 saturated carbocycles. The maximum Gasteiger partial charge on any atom is 0.180 e. The molecule has 0 aliphatic heterocycles. The van der Waals surface area contributed by atoms with Gasteiger partial charge in [-0.2, -0.15) is 0 Å². The summed E-state index contributed by atoms with van der Waals surface area (Å²) >= 11 is 1.53. The van der Waals surface area contributed by atoms with Crippen LogP contribution in [0.3, 0.4) is 0 Å². The predicted octanol–water partition coefficient (Wildman–Crippen LogP) is 1.52. The number of likely N-dealkylation sites (N-methyl/N-ethyl adjacent to an activating group) is 1. The number of phenols is 1. The summed E-state index contributed by atoms with van der Waals surface area (Å²) in [6.07, 6.45) is 1.92. The normalized spacial score (nSPS) is 10.1. The monoisotopic (exact) mass is 211 g/mol. The van der Waals surface area contributed by atoms with E-state index in [0.717, 1.165) is 4.90 Å². The molecule has 0 heterocycles. The maximum absolute atomic E-state index is 11.4. The lowest BCUT2D eigenvalue weighted by Gasteiger charge is -2.04. The number of carbonyl (C=O) groups is 1. The topological polar surface area (TPSA) is 49.3 Å². The average Bonchev–Trinajstić information content (AvgIpc) is 2.17. The van der Waals surface area contributed by atoms with Gasteiger partial charge >= 0.3 is 0 Å². The van der Waals surface area contributed by atoms with E-state index < -0.39 is 0 Å². The number of ketones is 1. The fourth-order valence-electron chi connectivity index (χ4n) is 1.13. The molecule has 0 aliphatic rings. The van der Waals surface area contributed by atoms with Crippen molar-refractivity contribution < 1.29 is 9.90 Å². The minimum absolute atomic E-state index is 0.0529. The van der Waals surface area contributed by atoms with E-state index in [1.807, 2.05) is 12.3 Å². The molecular weight excluding hydrogens is 198 g/mol. The second kappa shape index (κ2) is 5.02. The van der Waals surface area contributed by atoms with Crippen molar-refractivity contribution in [1.29, 1.82) is 0 Å². The van der Waals surface area contributed by atoms with Gasteiger partial charge in [0, 0.05) is 4.90 Å². The van der Waals surface area contributed by atoms with E-state index in [4.69, 9.17) is 0 Å². The van der Waals surface area contributed by atoms with E-state index in [2.05, 4.69) is 5.32 Å². The largest absolute Gasteiger partial charge is 0.507 e. The first-order chi connectivity index (χ1) is 6.69. The molecule has 0 spiro atoms. The van der Waals surface area contributed by atoms with Crippen LogP contribution in [0.4, 0.5) is 0 Å².